The van der Waals surface area contributed by atoms with E-state index in [0.29, 0.717) is 17.5 Å². The predicted octanol–water partition coefficient (Wildman–Crippen LogP) is 3.93. The van der Waals surface area contributed by atoms with Crippen LogP contribution in [0.5, 0.6) is 0 Å². The van der Waals surface area contributed by atoms with Crippen LogP contribution in [0.2, 0.25) is 0 Å². The average Bonchev–Trinajstić information content (AvgIpc) is 3.49. The number of nitrogens with one attached hydrogen (secondary N) is 2. The van der Waals surface area contributed by atoms with Crippen molar-refractivity contribution < 1.29 is 9.18 Å². The molecule has 0 heterocycles. The molecular formula is C20H21FN2O. The van der Waals surface area contributed by atoms with Crippen LogP contribution >= 0.6 is 0 Å². The van der Waals surface area contributed by atoms with Gasteiger partial charge in [0.15, 0.2) is 0 Å². The number of hydrogen-bond donors (Lipinski definition) is 2. The van der Waals surface area contributed by atoms with Crippen LogP contribution in [0.3, 0.4) is 0 Å². The fourth-order valence-electron chi connectivity index (χ4n) is 3.10. The molecule has 2 aromatic carbocycles. The van der Waals surface area contributed by atoms with Crippen LogP contribution in [0.15, 0.2) is 48.5 Å². The first-order valence-corrected chi connectivity index (χ1v) is 8.60. The second-order valence-corrected chi connectivity index (χ2v) is 6.86. The summed E-state index contributed by atoms with van der Waals surface area (Å²) in [4.78, 5) is 12.4. The molecule has 2 aliphatic rings. The second-order valence-electron chi connectivity index (χ2n) is 6.86. The van der Waals surface area contributed by atoms with Gasteiger partial charge in [-0.05, 0) is 61.6 Å². The van der Waals surface area contributed by atoms with E-state index in [0.717, 1.165) is 18.9 Å². The fourth-order valence-corrected chi connectivity index (χ4v) is 3.10. The van der Waals surface area contributed by atoms with E-state index in [1.54, 1.807) is 24.3 Å². The monoisotopic (exact) mass is 324 g/mol. The first kappa shape index (κ1) is 15.3. The first-order chi connectivity index (χ1) is 11.7. The molecule has 0 unspecified atom stereocenters. The number of benzene rings is 2. The Morgan fingerprint density at radius 3 is 2.75 bits per heavy atom. The van der Waals surface area contributed by atoms with Gasteiger partial charge in [0.2, 0.25) is 0 Å². The molecule has 124 valence electrons. The summed E-state index contributed by atoms with van der Waals surface area (Å²) in [6.07, 6.45) is 3.84. The minimum atomic E-state index is -0.423. The smallest absolute Gasteiger partial charge is 0.255 e. The Kier molecular flexibility index (Phi) is 4.07. The van der Waals surface area contributed by atoms with E-state index in [4.69, 9.17) is 0 Å². The molecule has 3 nitrogen and oxygen atoms in total. The molecule has 2 aromatic rings. The maximum Gasteiger partial charge on any atom is 0.255 e. The van der Waals surface area contributed by atoms with Gasteiger partial charge in [0.05, 0.1) is 5.69 Å². The summed E-state index contributed by atoms with van der Waals surface area (Å²) in [5.41, 5.74) is 1.97. The molecule has 2 fully saturated rings. The van der Waals surface area contributed by atoms with E-state index >= 15 is 0 Å². The van der Waals surface area contributed by atoms with Gasteiger partial charge >= 0.3 is 0 Å². The summed E-state index contributed by atoms with van der Waals surface area (Å²) in [7, 11) is 0. The highest BCUT2D eigenvalue weighted by molar-refractivity contribution is 6.04. The lowest BCUT2D eigenvalue weighted by Gasteiger charge is -2.08. The van der Waals surface area contributed by atoms with Crippen molar-refractivity contribution in [2.75, 3.05) is 11.9 Å². The molecule has 1 amide bonds. The minimum Gasteiger partial charge on any atom is -0.319 e. The molecule has 0 aromatic heterocycles. The lowest BCUT2D eigenvalue weighted by Crippen LogP contribution is -2.20. The molecule has 2 N–H and O–H groups in total. The van der Waals surface area contributed by atoms with Crippen molar-refractivity contribution in [3.05, 3.63) is 65.5 Å². The fraction of sp³-hybridized carbons (Fsp3) is 0.350. The van der Waals surface area contributed by atoms with Crippen molar-refractivity contribution in [1.29, 1.82) is 0 Å². The summed E-state index contributed by atoms with van der Waals surface area (Å²) in [5.74, 6) is 0.674. The zero-order chi connectivity index (χ0) is 16.5. The van der Waals surface area contributed by atoms with Crippen LogP contribution in [-0.2, 0) is 0 Å². The van der Waals surface area contributed by atoms with Gasteiger partial charge in [-0.25, -0.2) is 4.39 Å². The quantitative estimate of drug-likeness (QED) is 0.845. The van der Waals surface area contributed by atoms with Gasteiger partial charge in [-0.1, -0.05) is 24.3 Å². The van der Waals surface area contributed by atoms with E-state index in [-0.39, 0.29) is 11.6 Å². The third-order valence-electron chi connectivity index (χ3n) is 4.86. The van der Waals surface area contributed by atoms with Crippen LogP contribution in [0.1, 0.15) is 41.1 Å². The summed E-state index contributed by atoms with van der Waals surface area (Å²) in [5, 5.41) is 6.26. The highest BCUT2D eigenvalue weighted by Gasteiger charge is 2.39. The van der Waals surface area contributed by atoms with Gasteiger partial charge in [0, 0.05) is 17.5 Å². The van der Waals surface area contributed by atoms with E-state index < -0.39 is 5.82 Å². The molecule has 0 bridgehead atoms. The molecular weight excluding hydrogens is 303 g/mol. The molecule has 2 aliphatic carbocycles. The van der Waals surface area contributed by atoms with Gasteiger partial charge in [-0.15, -0.1) is 0 Å². The lowest BCUT2D eigenvalue weighted by molar-refractivity contribution is 0.102. The van der Waals surface area contributed by atoms with Crippen LogP contribution < -0.4 is 10.6 Å². The van der Waals surface area contributed by atoms with Crippen molar-refractivity contribution >= 4 is 11.6 Å². The maximum absolute atomic E-state index is 13.7. The molecule has 4 rings (SSSR count). The van der Waals surface area contributed by atoms with Crippen molar-refractivity contribution in [2.45, 2.75) is 31.2 Å². The van der Waals surface area contributed by atoms with E-state index in [1.165, 1.54) is 24.5 Å². The first-order valence-electron chi connectivity index (χ1n) is 8.60. The second kappa shape index (κ2) is 6.36. The largest absolute Gasteiger partial charge is 0.319 e. The SMILES string of the molecule is O=C(Nc1ccccc1F)c1cccc([C@@H]2C[C@H]2NCC2CC2)c1. The molecule has 2 saturated carbocycles. The Bertz CT molecular complexity index is 757. The number of anilines is 1. The third-order valence-corrected chi connectivity index (χ3v) is 4.86. The molecule has 0 saturated heterocycles. The van der Waals surface area contributed by atoms with E-state index in [9.17, 15) is 9.18 Å². The van der Waals surface area contributed by atoms with Gasteiger partial charge in [-0.3, -0.25) is 4.79 Å². The number of para-hydroxylation sites is 1. The summed E-state index contributed by atoms with van der Waals surface area (Å²) in [6, 6.07) is 14.4. The van der Waals surface area contributed by atoms with Crippen molar-refractivity contribution in [1.82, 2.24) is 5.32 Å². The Morgan fingerprint density at radius 1 is 1.12 bits per heavy atom. The van der Waals surface area contributed by atoms with Crippen molar-refractivity contribution in [3.8, 4) is 0 Å². The predicted molar refractivity (Wildman–Crippen MR) is 92.7 cm³/mol. The zero-order valence-electron chi connectivity index (χ0n) is 13.5. The number of halogens is 1. The summed E-state index contributed by atoms with van der Waals surface area (Å²) in [6.45, 7) is 1.12. The summed E-state index contributed by atoms with van der Waals surface area (Å²) < 4.78 is 13.7. The van der Waals surface area contributed by atoms with Crippen LogP contribution in [0.4, 0.5) is 10.1 Å². The molecule has 0 spiro atoms. The van der Waals surface area contributed by atoms with Crippen LogP contribution in [0.25, 0.3) is 0 Å². The van der Waals surface area contributed by atoms with E-state index in [1.807, 2.05) is 12.1 Å². The van der Waals surface area contributed by atoms with Crippen LogP contribution in [0, 0.1) is 11.7 Å². The average molecular weight is 324 g/mol. The Hall–Kier alpha value is -2.20. The summed E-state index contributed by atoms with van der Waals surface area (Å²) >= 11 is 0. The molecule has 2 atom stereocenters. The molecule has 4 heteroatoms. The number of hydrogen-bond acceptors (Lipinski definition) is 2. The van der Waals surface area contributed by atoms with Gasteiger partial charge in [0.25, 0.3) is 5.91 Å². The normalized spacial score (nSPS) is 22.2. The standard InChI is InChI=1S/C20H21FN2O/c21-17-6-1-2-7-18(17)23-20(24)15-5-3-4-14(10-15)16-11-19(16)22-12-13-8-9-13/h1-7,10,13,16,19,22H,8-9,11-12H2,(H,23,24)/t16-,19+/m0/s1. The number of amides is 1. The molecule has 0 radical (unpaired) electrons. The van der Waals surface area contributed by atoms with E-state index in [2.05, 4.69) is 16.7 Å². The lowest BCUT2D eigenvalue weighted by atomic mass is 10.1. The number of carbonyl (C=O) groups is 1. The molecule has 0 aliphatic heterocycles. The van der Waals surface area contributed by atoms with Gasteiger partial charge in [0.1, 0.15) is 5.82 Å². The van der Waals surface area contributed by atoms with Crippen molar-refractivity contribution in [2.24, 2.45) is 5.92 Å². The number of carbonyl (C=O) groups excluding carboxylic acids is 1. The number of rotatable bonds is 6. The Morgan fingerprint density at radius 2 is 1.96 bits per heavy atom. The van der Waals surface area contributed by atoms with Gasteiger partial charge < -0.3 is 10.6 Å². The molecule has 24 heavy (non-hydrogen) atoms. The topological polar surface area (TPSA) is 41.1 Å². The third kappa shape index (κ3) is 3.49. The maximum atomic E-state index is 13.7. The Balaban J connectivity index is 1.41. The van der Waals surface area contributed by atoms with Crippen molar-refractivity contribution in [3.63, 3.8) is 0 Å². The highest BCUT2D eigenvalue weighted by atomic mass is 19.1. The minimum absolute atomic E-state index is 0.211. The Labute approximate surface area is 141 Å². The highest BCUT2D eigenvalue weighted by Crippen LogP contribution is 2.41. The zero-order valence-corrected chi connectivity index (χ0v) is 13.5. The van der Waals surface area contributed by atoms with Crippen LogP contribution in [-0.4, -0.2) is 18.5 Å². The van der Waals surface area contributed by atoms with Gasteiger partial charge in [-0.2, -0.15) is 0 Å².